The molecular formula is C29H26F3N5O4S2. The lowest BCUT2D eigenvalue weighted by atomic mass is 9.94. The van der Waals surface area contributed by atoms with Gasteiger partial charge in [-0.3, -0.25) is 5.32 Å². The lowest BCUT2D eigenvalue weighted by Gasteiger charge is -2.31. The number of nitrogens with zero attached hydrogens (tertiary/aromatic N) is 3. The van der Waals surface area contributed by atoms with Gasteiger partial charge < -0.3 is 5.32 Å². The van der Waals surface area contributed by atoms with Crippen LogP contribution in [0.3, 0.4) is 0 Å². The van der Waals surface area contributed by atoms with Crippen molar-refractivity contribution >= 4 is 36.6 Å². The average molecular weight is 630 g/mol. The number of fused-ring (bicyclic) bond motifs is 2. The van der Waals surface area contributed by atoms with Gasteiger partial charge >= 0.3 is 6.18 Å². The van der Waals surface area contributed by atoms with E-state index >= 15 is 0 Å². The number of alkyl halides is 3. The number of halogens is 3. The number of nitrogens with one attached hydrogen (secondary N) is 2. The smallest absolute Gasteiger partial charge is 0.381 e. The second kappa shape index (κ2) is 10.1. The second-order valence-electron chi connectivity index (χ2n) is 11.0. The van der Waals surface area contributed by atoms with Gasteiger partial charge in [0.1, 0.15) is 10.9 Å². The van der Waals surface area contributed by atoms with Crippen LogP contribution in [0.2, 0.25) is 0 Å². The van der Waals surface area contributed by atoms with E-state index in [0.717, 1.165) is 16.1 Å². The van der Waals surface area contributed by atoms with Crippen LogP contribution in [0.15, 0.2) is 82.8 Å². The molecule has 0 radical (unpaired) electrons. The number of benzene rings is 2. The molecule has 3 heterocycles. The maximum absolute atomic E-state index is 13.8. The van der Waals surface area contributed by atoms with Crippen molar-refractivity contribution in [1.82, 2.24) is 14.3 Å². The average Bonchev–Trinajstić information content (AvgIpc) is 3.69. The predicted octanol–water partition coefficient (Wildman–Crippen LogP) is 4.76. The van der Waals surface area contributed by atoms with Gasteiger partial charge in [0.05, 0.1) is 26.6 Å². The molecule has 1 saturated carbocycles. The zero-order valence-electron chi connectivity index (χ0n) is 22.7. The van der Waals surface area contributed by atoms with Gasteiger partial charge in [0.25, 0.3) is 10.0 Å². The Hall–Kier alpha value is -3.93. The number of anilines is 1. The lowest BCUT2D eigenvalue weighted by Crippen LogP contribution is -2.49. The summed E-state index contributed by atoms with van der Waals surface area (Å²) in [6.07, 6.45) is -1.14. The molecule has 1 aliphatic carbocycles. The fraction of sp³-hybridized carbons (Fsp3) is 0.310. The molecule has 0 spiro atoms. The molecule has 2 aromatic heterocycles. The highest BCUT2D eigenvalue weighted by Crippen LogP contribution is 2.49. The summed E-state index contributed by atoms with van der Waals surface area (Å²) in [4.78, 5) is 2.41. The quantitative estimate of drug-likeness (QED) is 0.312. The van der Waals surface area contributed by atoms with E-state index in [9.17, 15) is 35.3 Å². The fourth-order valence-corrected chi connectivity index (χ4v) is 9.71. The Labute approximate surface area is 246 Å². The van der Waals surface area contributed by atoms with Crippen LogP contribution in [0.4, 0.5) is 18.9 Å². The molecule has 43 heavy (non-hydrogen) atoms. The molecule has 4 aromatic rings. The number of sulfone groups is 1. The molecule has 1 aliphatic heterocycles. The van der Waals surface area contributed by atoms with Crippen molar-refractivity contribution < 1.29 is 30.0 Å². The number of pyridine rings is 1. The van der Waals surface area contributed by atoms with E-state index in [-0.39, 0.29) is 28.1 Å². The SMILES string of the molecule is C[C@@]1(S(=O)(=O)c2cccc(C(F)(F)F)c2)NC[C@H]2C[C@H](Nc3c(C#N)cnc4c3ccn4S(=O)(=O)c3ccccc3)C[C@@H]21. The molecule has 2 N–H and O–H groups in total. The molecule has 14 heteroatoms. The summed E-state index contributed by atoms with van der Waals surface area (Å²) in [6, 6.07) is 15.0. The number of rotatable bonds is 6. The van der Waals surface area contributed by atoms with E-state index in [1.54, 1.807) is 24.3 Å². The molecule has 2 aromatic carbocycles. The van der Waals surface area contributed by atoms with Crippen molar-refractivity contribution in [3.05, 3.63) is 84.2 Å². The van der Waals surface area contributed by atoms with Crippen LogP contribution in [0.25, 0.3) is 11.0 Å². The number of nitriles is 1. The van der Waals surface area contributed by atoms with Gasteiger partial charge in [0, 0.05) is 23.8 Å². The van der Waals surface area contributed by atoms with Crippen molar-refractivity contribution in [2.24, 2.45) is 11.8 Å². The number of hydrogen-bond acceptors (Lipinski definition) is 8. The van der Waals surface area contributed by atoms with Gasteiger partial charge in [-0.2, -0.15) is 18.4 Å². The van der Waals surface area contributed by atoms with Crippen LogP contribution in [0.1, 0.15) is 30.9 Å². The van der Waals surface area contributed by atoms with Crippen LogP contribution in [-0.4, -0.2) is 43.2 Å². The van der Waals surface area contributed by atoms with E-state index in [4.69, 9.17) is 0 Å². The summed E-state index contributed by atoms with van der Waals surface area (Å²) < 4.78 is 95.3. The molecule has 0 amide bonds. The Balaban J connectivity index is 1.31. The van der Waals surface area contributed by atoms with Crippen LogP contribution in [-0.2, 0) is 26.0 Å². The maximum atomic E-state index is 13.8. The molecule has 9 nitrogen and oxygen atoms in total. The van der Waals surface area contributed by atoms with E-state index in [2.05, 4.69) is 21.7 Å². The van der Waals surface area contributed by atoms with Gasteiger partial charge in [0.15, 0.2) is 15.5 Å². The van der Waals surface area contributed by atoms with Crippen molar-refractivity contribution in [2.75, 3.05) is 11.9 Å². The molecule has 0 bridgehead atoms. The van der Waals surface area contributed by atoms with Gasteiger partial charge in [-0.15, -0.1) is 0 Å². The second-order valence-corrected chi connectivity index (χ2v) is 15.2. The largest absolute Gasteiger partial charge is 0.416 e. The number of aromatic nitrogens is 2. The van der Waals surface area contributed by atoms with Crippen LogP contribution in [0, 0.1) is 23.2 Å². The van der Waals surface area contributed by atoms with Crippen LogP contribution in [0.5, 0.6) is 0 Å². The van der Waals surface area contributed by atoms with Gasteiger partial charge in [-0.05, 0) is 74.5 Å². The Bertz CT molecular complexity index is 1990. The highest BCUT2D eigenvalue weighted by atomic mass is 32.2. The minimum absolute atomic E-state index is 0.0746. The van der Waals surface area contributed by atoms with Crippen LogP contribution >= 0.6 is 0 Å². The van der Waals surface area contributed by atoms with Crippen molar-refractivity contribution in [1.29, 1.82) is 5.26 Å². The third kappa shape index (κ3) is 4.66. The first-order valence-corrected chi connectivity index (χ1v) is 16.3. The first-order chi connectivity index (χ1) is 20.3. The molecule has 2 fully saturated rings. The molecule has 6 rings (SSSR count). The van der Waals surface area contributed by atoms with E-state index < -0.39 is 47.3 Å². The summed E-state index contributed by atoms with van der Waals surface area (Å²) in [6.45, 7) is 1.86. The lowest BCUT2D eigenvalue weighted by molar-refractivity contribution is -0.137. The Morgan fingerprint density at radius 2 is 1.77 bits per heavy atom. The topological polar surface area (TPSA) is 134 Å². The first kappa shape index (κ1) is 29.2. The summed E-state index contributed by atoms with van der Waals surface area (Å²) in [5.41, 5.74) is -0.335. The van der Waals surface area contributed by atoms with Gasteiger partial charge in [-0.25, -0.2) is 25.8 Å². The molecule has 1 saturated heterocycles. The van der Waals surface area contributed by atoms with Gasteiger partial charge in [-0.1, -0.05) is 24.3 Å². The van der Waals surface area contributed by atoms with Gasteiger partial charge in [0.2, 0.25) is 0 Å². The molecule has 2 aliphatic rings. The Morgan fingerprint density at radius 3 is 2.47 bits per heavy atom. The van der Waals surface area contributed by atoms with Crippen LogP contribution < -0.4 is 10.6 Å². The summed E-state index contributed by atoms with van der Waals surface area (Å²) in [5.74, 6) is -0.538. The zero-order valence-corrected chi connectivity index (χ0v) is 24.3. The fourth-order valence-electron chi connectivity index (χ4n) is 6.39. The highest BCUT2D eigenvalue weighted by molar-refractivity contribution is 7.92. The summed E-state index contributed by atoms with van der Waals surface area (Å²) in [7, 11) is -8.20. The van der Waals surface area contributed by atoms with Crippen molar-refractivity contribution in [2.45, 2.75) is 46.6 Å². The van der Waals surface area contributed by atoms with E-state index in [0.29, 0.717) is 36.5 Å². The molecular weight excluding hydrogens is 603 g/mol. The molecule has 224 valence electrons. The van der Waals surface area contributed by atoms with Crippen molar-refractivity contribution in [3.63, 3.8) is 0 Å². The Morgan fingerprint density at radius 1 is 1.05 bits per heavy atom. The summed E-state index contributed by atoms with van der Waals surface area (Å²) in [5, 5.41) is 16.7. The predicted molar refractivity (Wildman–Crippen MR) is 152 cm³/mol. The third-order valence-electron chi connectivity index (χ3n) is 8.60. The molecule has 4 atom stereocenters. The monoisotopic (exact) mass is 629 g/mol. The number of hydrogen-bond donors (Lipinski definition) is 2. The maximum Gasteiger partial charge on any atom is 0.416 e. The summed E-state index contributed by atoms with van der Waals surface area (Å²) >= 11 is 0. The normalized spacial score (nSPS) is 24.1. The third-order valence-corrected chi connectivity index (χ3v) is 12.7. The standard InChI is InChI=1S/C29H26F3N5O4S2/c1-28(42(38,39)23-9-5-6-20(13-23)29(30,31)32)25-14-21(12-18(25)17-35-28)36-26-19(15-33)16-34-27-24(26)10-11-37(27)43(40,41)22-7-3-2-4-8-22/h2-11,13,16,18,21,25,35H,12,14,17H2,1H3,(H,34,36)/t18-,21+,25+,28+/m1/s1. The molecule has 0 unspecified atom stereocenters. The van der Waals surface area contributed by atoms with Crippen molar-refractivity contribution in [3.8, 4) is 6.07 Å². The zero-order chi connectivity index (χ0) is 30.8. The first-order valence-electron chi connectivity index (χ1n) is 13.4. The minimum atomic E-state index is -4.69. The highest BCUT2D eigenvalue weighted by Gasteiger charge is 2.57. The Kier molecular flexibility index (Phi) is 6.83. The van der Waals surface area contributed by atoms with E-state index in [1.165, 1.54) is 37.5 Å². The van der Waals surface area contributed by atoms with E-state index in [1.807, 2.05) is 0 Å². The minimum Gasteiger partial charge on any atom is -0.381 e.